The summed E-state index contributed by atoms with van der Waals surface area (Å²) in [6.07, 6.45) is 10.0. The van der Waals surface area contributed by atoms with Crippen LogP contribution in [0.5, 0.6) is 6.01 Å². The Bertz CT molecular complexity index is 791. The van der Waals surface area contributed by atoms with E-state index in [0.29, 0.717) is 31.3 Å². The second-order valence-corrected chi connectivity index (χ2v) is 7.28. The molecule has 4 heterocycles. The molecular formula is C20H24N4O3. The third-order valence-corrected chi connectivity index (χ3v) is 5.49. The van der Waals surface area contributed by atoms with Gasteiger partial charge in [0.1, 0.15) is 6.10 Å². The highest BCUT2D eigenvalue weighted by Gasteiger charge is 2.42. The molecule has 27 heavy (non-hydrogen) atoms. The average molecular weight is 368 g/mol. The normalized spacial score (nSPS) is 21.8. The van der Waals surface area contributed by atoms with Crippen LogP contribution in [0.3, 0.4) is 0 Å². The summed E-state index contributed by atoms with van der Waals surface area (Å²) in [4.78, 5) is 27.1. The molecule has 0 radical (unpaired) electrons. The van der Waals surface area contributed by atoms with Crippen molar-refractivity contribution >= 4 is 5.91 Å². The van der Waals surface area contributed by atoms with Gasteiger partial charge >= 0.3 is 6.01 Å². The van der Waals surface area contributed by atoms with E-state index in [2.05, 4.69) is 15.0 Å². The first-order valence-corrected chi connectivity index (χ1v) is 9.43. The highest BCUT2D eigenvalue weighted by atomic mass is 16.5. The van der Waals surface area contributed by atoms with E-state index in [1.54, 1.807) is 30.9 Å². The molecule has 0 saturated carbocycles. The topological polar surface area (TPSA) is 77.4 Å². The van der Waals surface area contributed by atoms with Gasteiger partial charge in [0.05, 0.1) is 17.8 Å². The number of carbonyl (C=O) groups is 1. The summed E-state index contributed by atoms with van der Waals surface area (Å²) in [5, 5.41) is 0. The average Bonchev–Trinajstić information content (AvgIpc) is 2.69. The quantitative estimate of drug-likeness (QED) is 0.828. The number of carbonyl (C=O) groups excluding carboxylic acids is 1. The summed E-state index contributed by atoms with van der Waals surface area (Å²) < 4.78 is 12.1. The number of hydrogen-bond acceptors (Lipinski definition) is 6. The first kappa shape index (κ1) is 17.9. The monoisotopic (exact) mass is 368 g/mol. The lowest BCUT2D eigenvalue weighted by molar-refractivity contribution is -0.136. The Labute approximate surface area is 158 Å². The molecule has 1 unspecified atom stereocenters. The van der Waals surface area contributed by atoms with Crippen LogP contribution in [0, 0.1) is 6.92 Å². The summed E-state index contributed by atoms with van der Waals surface area (Å²) in [6, 6.07) is 4.06. The zero-order valence-corrected chi connectivity index (χ0v) is 15.5. The number of hydrogen-bond donors (Lipinski definition) is 0. The predicted molar refractivity (Wildman–Crippen MR) is 98.5 cm³/mol. The van der Waals surface area contributed by atoms with E-state index in [4.69, 9.17) is 9.47 Å². The van der Waals surface area contributed by atoms with E-state index in [0.717, 1.165) is 31.2 Å². The number of amides is 1. The van der Waals surface area contributed by atoms with Crippen LogP contribution in [0.2, 0.25) is 0 Å². The summed E-state index contributed by atoms with van der Waals surface area (Å²) >= 11 is 0. The Morgan fingerprint density at radius 2 is 2.04 bits per heavy atom. The molecule has 4 rings (SSSR count). The van der Waals surface area contributed by atoms with Crippen molar-refractivity contribution in [1.29, 1.82) is 0 Å². The van der Waals surface area contributed by atoms with Crippen molar-refractivity contribution in [2.24, 2.45) is 0 Å². The second-order valence-electron chi connectivity index (χ2n) is 7.28. The number of piperidine rings is 1. The van der Waals surface area contributed by atoms with Crippen molar-refractivity contribution in [3.63, 3.8) is 0 Å². The van der Waals surface area contributed by atoms with Crippen LogP contribution >= 0.6 is 0 Å². The van der Waals surface area contributed by atoms with Crippen LogP contribution in [0.4, 0.5) is 0 Å². The van der Waals surface area contributed by atoms with Gasteiger partial charge in [0.15, 0.2) is 0 Å². The number of likely N-dealkylation sites (tertiary alicyclic amines) is 1. The highest BCUT2D eigenvalue weighted by molar-refractivity contribution is 5.95. The second kappa shape index (κ2) is 7.60. The van der Waals surface area contributed by atoms with Crippen molar-refractivity contribution in [3.8, 4) is 6.01 Å². The van der Waals surface area contributed by atoms with Crippen LogP contribution in [0.25, 0.3) is 0 Å². The molecule has 0 aliphatic carbocycles. The molecule has 2 aromatic rings. The molecule has 1 atom stereocenters. The zero-order valence-electron chi connectivity index (χ0n) is 15.5. The smallest absolute Gasteiger partial charge is 0.316 e. The number of rotatable bonds is 3. The molecule has 2 aromatic heterocycles. The molecule has 142 valence electrons. The third kappa shape index (κ3) is 3.93. The lowest BCUT2D eigenvalue weighted by Gasteiger charge is -2.45. The molecule has 0 N–H and O–H groups in total. The molecule has 7 heteroatoms. The maximum Gasteiger partial charge on any atom is 0.316 e. The van der Waals surface area contributed by atoms with E-state index >= 15 is 0 Å². The molecule has 1 spiro atoms. The number of aryl methyl sites for hydroxylation is 1. The molecule has 2 aliphatic rings. The van der Waals surface area contributed by atoms with E-state index < -0.39 is 0 Å². The molecule has 2 saturated heterocycles. The Balaban J connectivity index is 1.37. The van der Waals surface area contributed by atoms with E-state index in [-0.39, 0.29) is 17.6 Å². The summed E-state index contributed by atoms with van der Waals surface area (Å²) in [6.45, 7) is 3.97. The molecule has 1 amide bonds. The fraction of sp³-hybridized carbons (Fsp3) is 0.500. The Kier molecular flexibility index (Phi) is 5.03. The van der Waals surface area contributed by atoms with E-state index in [1.165, 1.54) is 0 Å². The fourth-order valence-corrected chi connectivity index (χ4v) is 3.90. The van der Waals surface area contributed by atoms with Crippen molar-refractivity contribution in [2.45, 2.75) is 44.3 Å². The molecule has 0 aromatic carbocycles. The van der Waals surface area contributed by atoms with Gasteiger partial charge in [-0.3, -0.25) is 9.78 Å². The van der Waals surface area contributed by atoms with Crippen LogP contribution in [-0.4, -0.2) is 57.2 Å². The van der Waals surface area contributed by atoms with Crippen LogP contribution in [-0.2, 0) is 4.74 Å². The first-order valence-electron chi connectivity index (χ1n) is 9.43. The van der Waals surface area contributed by atoms with Crippen molar-refractivity contribution in [2.75, 3.05) is 19.7 Å². The van der Waals surface area contributed by atoms with Crippen molar-refractivity contribution in [1.82, 2.24) is 19.9 Å². The Morgan fingerprint density at radius 1 is 1.26 bits per heavy atom. The highest BCUT2D eigenvalue weighted by Crippen LogP contribution is 2.36. The standard InChI is InChI=1S/C20H24N4O3/c1-15-3-9-21-14-17(15)18(25)24-10-5-20(6-11-24)13-16(4-12-26-20)27-19-22-7-2-8-23-19/h2-3,7-9,14,16H,4-6,10-13H2,1H3. The largest absolute Gasteiger partial charge is 0.460 e. The van der Waals surface area contributed by atoms with Gasteiger partial charge < -0.3 is 14.4 Å². The molecule has 0 bridgehead atoms. The zero-order chi connectivity index (χ0) is 18.7. The van der Waals surface area contributed by atoms with Gasteiger partial charge in [0.2, 0.25) is 0 Å². The van der Waals surface area contributed by atoms with Gasteiger partial charge in [0.25, 0.3) is 5.91 Å². The Morgan fingerprint density at radius 3 is 2.78 bits per heavy atom. The van der Waals surface area contributed by atoms with Crippen LogP contribution in [0.1, 0.15) is 41.6 Å². The minimum absolute atomic E-state index is 0.0453. The summed E-state index contributed by atoms with van der Waals surface area (Å²) in [7, 11) is 0. The van der Waals surface area contributed by atoms with Crippen LogP contribution in [0.15, 0.2) is 36.9 Å². The summed E-state index contributed by atoms with van der Waals surface area (Å²) in [5.41, 5.74) is 1.42. The maximum atomic E-state index is 12.8. The van der Waals surface area contributed by atoms with Crippen molar-refractivity contribution < 1.29 is 14.3 Å². The maximum absolute atomic E-state index is 12.8. The lowest BCUT2D eigenvalue weighted by atomic mass is 9.83. The van der Waals surface area contributed by atoms with Crippen molar-refractivity contribution in [3.05, 3.63) is 48.0 Å². The van der Waals surface area contributed by atoms with Crippen LogP contribution < -0.4 is 4.74 Å². The summed E-state index contributed by atoms with van der Waals surface area (Å²) in [5.74, 6) is 0.0525. The molecular weight excluding hydrogens is 344 g/mol. The fourth-order valence-electron chi connectivity index (χ4n) is 3.90. The molecule has 2 aliphatic heterocycles. The van der Waals surface area contributed by atoms with Gasteiger partial charge in [-0.2, -0.15) is 0 Å². The number of aromatic nitrogens is 3. The van der Waals surface area contributed by atoms with Gasteiger partial charge in [0, 0.05) is 50.7 Å². The predicted octanol–water partition coefficient (Wildman–Crippen LogP) is 2.41. The number of pyridine rings is 1. The van der Waals surface area contributed by atoms with Gasteiger partial charge in [-0.1, -0.05) is 0 Å². The minimum atomic E-state index is -0.224. The third-order valence-electron chi connectivity index (χ3n) is 5.49. The Hall–Kier alpha value is -2.54. The van der Waals surface area contributed by atoms with Gasteiger partial charge in [-0.25, -0.2) is 9.97 Å². The van der Waals surface area contributed by atoms with E-state index in [1.807, 2.05) is 17.9 Å². The van der Waals surface area contributed by atoms with E-state index in [9.17, 15) is 4.79 Å². The molecule has 7 nitrogen and oxygen atoms in total. The molecule has 2 fully saturated rings. The SMILES string of the molecule is Cc1ccncc1C(=O)N1CCC2(CC1)CC(Oc1ncccn1)CCO2. The van der Waals surface area contributed by atoms with Gasteiger partial charge in [-0.15, -0.1) is 0 Å². The lowest BCUT2D eigenvalue weighted by Crippen LogP contribution is -2.52. The minimum Gasteiger partial charge on any atom is -0.460 e. The first-order chi connectivity index (χ1) is 13.2. The number of nitrogens with zero attached hydrogens (tertiary/aromatic N) is 4. The van der Waals surface area contributed by atoms with Gasteiger partial charge in [-0.05, 0) is 37.5 Å². The number of ether oxygens (including phenoxy) is 2.